The van der Waals surface area contributed by atoms with Crippen LogP contribution in [0.25, 0.3) is 0 Å². The topological polar surface area (TPSA) is 54.3 Å². The fourth-order valence-electron chi connectivity index (χ4n) is 2.76. The van der Waals surface area contributed by atoms with E-state index in [0.717, 1.165) is 5.69 Å². The van der Waals surface area contributed by atoms with Crippen LogP contribution >= 0.6 is 0 Å². The summed E-state index contributed by atoms with van der Waals surface area (Å²) in [5.74, 6) is -0.359. The third kappa shape index (κ3) is 2.79. The third-order valence-corrected chi connectivity index (χ3v) is 3.88. The summed E-state index contributed by atoms with van der Waals surface area (Å²) in [5.41, 5.74) is 1.20. The molecular formula is C15H18FN5O. The first kappa shape index (κ1) is 14.5. The van der Waals surface area contributed by atoms with Gasteiger partial charge in [0.15, 0.2) is 5.69 Å². The number of halogens is 1. The molecule has 1 aromatic heterocycles. The first-order chi connectivity index (χ1) is 10.5. The molecule has 1 aliphatic rings. The molecule has 2 heterocycles. The Labute approximate surface area is 128 Å². The molecule has 3 rings (SSSR count). The van der Waals surface area contributed by atoms with Crippen LogP contribution in [0.4, 0.5) is 10.1 Å². The molecule has 2 aromatic rings. The smallest absolute Gasteiger partial charge is 0.276 e. The van der Waals surface area contributed by atoms with E-state index in [0.29, 0.717) is 25.3 Å². The lowest BCUT2D eigenvalue weighted by molar-refractivity contribution is 0.0668. The Bertz CT molecular complexity index is 686. The summed E-state index contributed by atoms with van der Waals surface area (Å²) in [6.07, 6.45) is 1.62. The van der Waals surface area contributed by atoms with E-state index >= 15 is 0 Å². The van der Waals surface area contributed by atoms with Crippen molar-refractivity contribution in [3.05, 3.63) is 42.0 Å². The van der Waals surface area contributed by atoms with Crippen molar-refractivity contribution in [2.24, 2.45) is 7.05 Å². The number of hydrogen-bond donors (Lipinski definition) is 0. The summed E-state index contributed by atoms with van der Waals surface area (Å²) in [5, 5.41) is 7.67. The zero-order chi connectivity index (χ0) is 15.7. The maximum atomic E-state index is 13.3. The van der Waals surface area contributed by atoms with E-state index in [1.807, 2.05) is 13.0 Å². The number of aryl methyl sites for hydroxylation is 1. The summed E-state index contributed by atoms with van der Waals surface area (Å²) in [4.78, 5) is 16.3. The lowest BCUT2D eigenvalue weighted by Gasteiger charge is -2.40. The number of aromatic nitrogens is 3. The predicted octanol–water partition coefficient (Wildman–Crippen LogP) is 1.31. The number of carbonyl (C=O) groups is 1. The van der Waals surface area contributed by atoms with Gasteiger partial charge in [0.25, 0.3) is 5.91 Å². The molecule has 0 aliphatic carbocycles. The monoisotopic (exact) mass is 303 g/mol. The van der Waals surface area contributed by atoms with Gasteiger partial charge in [-0.2, -0.15) is 0 Å². The number of anilines is 1. The molecule has 0 spiro atoms. The number of amides is 1. The van der Waals surface area contributed by atoms with Crippen molar-refractivity contribution >= 4 is 11.6 Å². The SMILES string of the molecule is CC1CN(c2cccc(F)c2)CCN1C(=O)c1cn(C)nn1. The van der Waals surface area contributed by atoms with Crippen LogP contribution in [0.2, 0.25) is 0 Å². The zero-order valence-electron chi connectivity index (χ0n) is 12.6. The minimum atomic E-state index is -0.247. The second-order valence-electron chi connectivity index (χ2n) is 5.55. The highest BCUT2D eigenvalue weighted by Gasteiger charge is 2.29. The standard InChI is InChI=1S/C15H18FN5O/c1-11-9-20(13-5-3-4-12(16)8-13)6-7-21(11)15(22)14-10-19(2)18-17-14/h3-5,8,10-11H,6-7,9H2,1-2H3. The van der Waals surface area contributed by atoms with Crippen LogP contribution in [0.3, 0.4) is 0 Å². The molecule has 0 saturated carbocycles. The molecular weight excluding hydrogens is 285 g/mol. The highest BCUT2D eigenvalue weighted by atomic mass is 19.1. The van der Waals surface area contributed by atoms with Crippen LogP contribution in [0, 0.1) is 5.82 Å². The molecule has 0 bridgehead atoms. The second kappa shape index (κ2) is 5.75. The molecule has 1 unspecified atom stereocenters. The molecule has 1 fully saturated rings. The van der Waals surface area contributed by atoms with Crippen LogP contribution in [-0.4, -0.2) is 51.5 Å². The van der Waals surface area contributed by atoms with Crippen molar-refractivity contribution in [3.63, 3.8) is 0 Å². The summed E-state index contributed by atoms with van der Waals surface area (Å²) < 4.78 is 14.9. The van der Waals surface area contributed by atoms with E-state index < -0.39 is 0 Å². The molecule has 7 heteroatoms. The normalized spacial score (nSPS) is 18.6. The van der Waals surface area contributed by atoms with Gasteiger partial charge in [-0.25, -0.2) is 4.39 Å². The van der Waals surface area contributed by atoms with Gasteiger partial charge in [0.1, 0.15) is 5.82 Å². The van der Waals surface area contributed by atoms with Crippen LogP contribution in [0.15, 0.2) is 30.5 Å². The van der Waals surface area contributed by atoms with Crippen molar-refractivity contribution in [1.82, 2.24) is 19.9 Å². The van der Waals surface area contributed by atoms with Crippen LogP contribution in [0.1, 0.15) is 17.4 Å². The number of nitrogens with zero attached hydrogens (tertiary/aromatic N) is 5. The van der Waals surface area contributed by atoms with E-state index in [-0.39, 0.29) is 17.8 Å². The maximum absolute atomic E-state index is 13.3. The van der Waals surface area contributed by atoms with E-state index in [1.54, 1.807) is 24.2 Å². The second-order valence-corrected chi connectivity index (χ2v) is 5.55. The van der Waals surface area contributed by atoms with Crippen molar-refractivity contribution < 1.29 is 9.18 Å². The van der Waals surface area contributed by atoms with Crippen molar-refractivity contribution in [1.29, 1.82) is 0 Å². The molecule has 1 saturated heterocycles. The highest BCUT2D eigenvalue weighted by Crippen LogP contribution is 2.21. The maximum Gasteiger partial charge on any atom is 0.276 e. The summed E-state index contributed by atoms with van der Waals surface area (Å²) in [6, 6.07) is 6.56. The van der Waals surface area contributed by atoms with Crippen molar-refractivity contribution in [2.45, 2.75) is 13.0 Å². The number of hydrogen-bond acceptors (Lipinski definition) is 4. The van der Waals surface area contributed by atoms with Gasteiger partial charge in [0.2, 0.25) is 0 Å². The van der Waals surface area contributed by atoms with E-state index in [1.165, 1.54) is 16.8 Å². The van der Waals surface area contributed by atoms with Gasteiger partial charge in [-0.3, -0.25) is 9.48 Å². The molecule has 1 aromatic carbocycles. The number of piperazine rings is 1. The summed E-state index contributed by atoms with van der Waals surface area (Å²) in [6.45, 7) is 3.89. The Morgan fingerprint density at radius 1 is 1.36 bits per heavy atom. The lowest BCUT2D eigenvalue weighted by atomic mass is 10.1. The molecule has 116 valence electrons. The van der Waals surface area contributed by atoms with Gasteiger partial charge in [-0.05, 0) is 25.1 Å². The molecule has 6 nitrogen and oxygen atoms in total. The molecule has 1 atom stereocenters. The van der Waals surface area contributed by atoms with Gasteiger partial charge >= 0.3 is 0 Å². The number of benzene rings is 1. The molecule has 0 radical (unpaired) electrons. The predicted molar refractivity (Wildman–Crippen MR) is 80.1 cm³/mol. The fourth-order valence-corrected chi connectivity index (χ4v) is 2.76. The van der Waals surface area contributed by atoms with Gasteiger partial charge in [-0.1, -0.05) is 11.3 Å². The summed E-state index contributed by atoms with van der Waals surface area (Å²) >= 11 is 0. The van der Waals surface area contributed by atoms with Gasteiger partial charge in [0, 0.05) is 38.4 Å². The average molecular weight is 303 g/mol. The minimum absolute atomic E-state index is 0.0199. The van der Waals surface area contributed by atoms with Crippen molar-refractivity contribution in [3.8, 4) is 0 Å². The quantitative estimate of drug-likeness (QED) is 0.839. The Kier molecular flexibility index (Phi) is 3.79. The Morgan fingerprint density at radius 2 is 2.18 bits per heavy atom. The van der Waals surface area contributed by atoms with Crippen LogP contribution < -0.4 is 4.90 Å². The lowest BCUT2D eigenvalue weighted by Crippen LogP contribution is -2.54. The largest absolute Gasteiger partial charge is 0.368 e. The Balaban J connectivity index is 1.71. The zero-order valence-corrected chi connectivity index (χ0v) is 12.6. The molecule has 1 amide bonds. The Morgan fingerprint density at radius 3 is 2.82 bits per heavy atom. The van der Waals surface area contributed by atoms with Crippen LogP contribution in [0.5, 0.6) is 0 Å². The van der Waals surface area contributed by atoms with Gasteiger partial charge in [0.05, 0.1) is 6.20 Å². The van der Waals surface area contributed by atoms with E-state index in [2.05, 4.69) is 15.2 Å². The van der Waals surface area contributed by atoms with E-state index in [4.69, 9.17) is 0 Å². The molecule has 22 heavy (non-hydrogen) atoms. The number of carbonyl (C=O) groups excluding carboxylic acids is 1. The Hall–Kier alpha value is -2.44. The average Bonchev–Trinajstić information content (AvgIpc) is 2.93. The van der Waals surface area contributed by atoms with Crippen LogP contribution in [-0.2, 0) is 7.05 Å². The first-order valence-electron chi connectivity index (χ1n) is 7.22. The molecule has 1 aliphatic heterocycles. The number of rotatable bonds is 2. The van der Waals surface area contributed by atoms with Gasteiger partial charge < -0.3 is 9.80 Å². The third-order valence-electron chi connectivity index (χ3n) is 3.88. The first-order valence-corrected chi connectivity index (χ1v) is 7.22. The molecule has 0 N–H and O–H groups in total. The fraction of sp³-hybridized carbons (Fsp3) is 0.400. The van der Waals surface area contributed by atoms with E-state index in [9.17, 15) is 9.18 Å². The summed E-state index contributed by atoms with van der Waals surface area (Å²) in [7, 11) is 1.73. The van der Waals surface area contributed by atoms with Gasteiger partial charge in [-0.15, -0.1) is 5.10 Å². The van der Waals surface area contributed by atoms with Crippen molar-refractivity contribution in [2.75, 3.05) is 24.5 Å². The highest BCUT2D eigenvalue weighted by molar-refractivity contribution is 5.92. The minimum Gasteiger partial charge on any atom is -0.368 e.